The lowest BCUT2D eigenvalue weighted by atomic mass is 9.81. The van der Waals surface area contributed by atoms with Crippen LogP contribution in [0.3, 0.4) is 0 Å². The molecule has 0 unspecified atom stereocenters. The van der Waals surface area contributed by atoms with Crippen molar-refractivity contribution in [2.24, 2.45) is 5.41 Å². The molecule has 0 heterocycles. The van der Waals surface area contributed by atoms with Gasteiger partial charge >= 0.3 is 0 Å². The Kier molecular flexibility index (Phi) is 4.33. The molecular weight excluding hydrogens is 150 g/mol. The van der Waals surface area contributed by atoms with Gasteiger partial charge < -0.3 is 0 Å². The summed E-state index contributed by atoms with van der Waals surface area (Å²) in [5, 5.41) is 8.61. The number of allylic oxidation sites excluding steroid dienone is 1. The highest BCUT2D eigenvalue weighted by Crippen LogP contribution is 2.29. The van der Waals surface area contributed by atoms with Crippen molar-refractivity contribution in [2.45, 2.75) is 40.0 Å². The zero-order valence-corrected chi connectivity index (χ0v) is 7.98. The summed E-state index contributed by atoms with van der Waals surface area (Å²) in [6, 6.07) is 1.89. The molecule has 0 N–H and O–H groups in total. The molecule has 0 atom stereocenters. The Morgan fingerprint density at radius 1 is 1.50 bits per heavy atom. The van der Waals surface area contributed by atoms with E-state index in [1.165, 1.54) is 0 Å². The number of carbonyl (C=O) groups excluding carboxylic acids is 1. The summed E-state index contributed by atoms with van der Waals surface area (Å²) in [7, 11) is 0. The lowest BCUT2D eigenvalue weighted by Gasteiger charge is -2.20. The molecule has 0 aromatic carbocycles. The molecule has 0 saturated carbocycles. The maximum atomic E-state index is 10.4. The van der Waals surface area contributed by atoms with Gasteiger partial charge in [-0.2, -0.15) is 5.26 Å². The summed E-state index contributed by atoms with van der Waals surface area (Å²) in [5.74, 6) is 1.71. The molecule has 0 aliphatic rings. The van der Waals surface area contributed by atoms with E-state index in [4.69, 9.17) is 5.26 Å². The quantitative estimate of drug-likeness (QED) is 0.474. The fourth-order valence-corrected chi connectivity index (χ4v) is 1.06. The highest BCUT2D eigenvalue weighted by atomic mass is 16.1. The first-order valence-corrected chi connectivity index (χ1v) is 4.24. The van der Waals surface area contributed by atoms with E-state index in [9.17, 15) is 4.79 Å². The van der Waals surface area contributed by atoms with Gasteiger partial charge in [-0.1, -0.05) is 33.6 Å². The van der Waals surface area contributed by atoms with Crippen molar-refractivity contribution < 1.29 is 4.79 Å². The standard InChI is InChI=1S/C10H15NO/c1-4-5-6-10(2,3)9(7-11)8-12/h4-6H2,1-3H3. The van der Waals surface area contributed by atoms with Crippen molar-refractivity contribution >= 4 is 5.94 Å². The molecule has 2 nitrogen and oxygen atoms in total. The first-order chi connectivity index (χ1) is 5.58. The van der Waals surface area contributed by atoms with Gasteiger partial charge in [0.1, 0.15) is 17.6 Å². The number of rotatable bonds is 4. The highest BCUT2D eigenvalue weighted by molar-refractivity contribution is 5.61. The van der Waals surface area contributed by atoms with Gasteiger partial charge in [0.05, 0.1) is 0 Å². The van der Waals surface area contributed by atoms with E-state index in [1.807, 2.05) is 19.9 Å². The second kappa shape index (κ2) is 4.74. The average Bonchev–Trinajstić information content (AvgIpc) is 2.03. The van der Waals surface area contributed by atoms with Gasteiger partial charge in [0.15, 0.2) is 0 Å². The van der Waals surface area contributed by atoms with E-state index in [1.54, 1.807) is 5.94 Å². The molecule has 0 aromatic rings. The fraction of sp³-hybridized carbons (Fsp3) is 0.700. The van der Waals surface area contributed by atoms with Gasteiger partial charge in [0.2, 0.25) is 0 Å². The summed E-state index contributed by atoms with van der Waals surface area (Å²) < 4.78 is 0. The Morgan fingerprint density at radius 3 is 2.42 bits per heavy atom. The van der Waals surface area contributed by atoms with Gasteiger partial charge in [0, 0.05) is 5.41 Å². The Hall–Kier alpha value is -1.06. The van der Waals surface area contributed by atoms with Crippen LogP contribution in [0, 0.1) is 16.7 Å². The van der Waals surface area contributed by atoms with E-state index in [2.05, 4.69) is 6.92 Å². The minimum atomic E-state index is -0.299. The summed E-state index contributed by atoms with van der Waals surface area (Å²) >= 11 is 0. The average molecular weight is 165 g/mol. The minimum absolute atomic E-state index is 0.232. The molecule has 0 fully saturated rings. The number of nitriles is 1. The van der Waals surface area contributed by atoms with Gasteiger partial charge in [0.25, 0.3) is 0 Å². The molecule has 0 spiro atoms. The molecule has 0 aliphatic heterocycles. The van der Waals surface area contributed by atoms with Crippen LogP contribution in [0.4, 0.5) is 0 Å². The first-order valence-electron chi connectivity index (χ1n) is 4.24. The normalized spacial score (nSPS) is 10.2. The third-order valence-corrected chi connectivity index (χ3v) is 2.05. The van der Waals surface area contributed by atoms with E-state index in [0.29, 0.717) is 0 Å². The van der Waals surface area contributed by atoms with Gasteiger partial charge in [-0.15, -0.1) is 0 Å². The molecule has 0 saturated heterocycles. The first kappa shape index (κ1) is 10.9. The summed E-state index contributed by atoms with van der Waals surface area (Å²) in [5.41, 5.74) is -0.0667. The predicted molar refractivity (Wildman–Crippen MR) is 48.1 cm³/mol. The SMILES string of the molecule is CCCCC(C)(C)C(=C=O)C#N. The van der Waals surface area contributed by atoms with Crippen molar-refractivity contribution in [3.63, 3.8) is 0 Å². The van der Waals surface area contributed by atoms with Crippen LogP contribution in [0.1, 0.15) is 40.0 Å². The highest BCUT2D eigenvalue weighted by Gasteiger charge is 2.23. The Labute approximate surface area is 73.9 Å². The van der Waals surface area contributed by atoms with Crippen molar-refractivity contribution in [2.75, 3.05) is 0 Å². The van der Waals surface area contributed by atoms with Crippen LogP contribution >= 0.6 is 0 Å². The van der Waals surface area contributed by atoms with Crippen molar-refractivity contribution in [3.05, 3.63) is 5.57 Å². The smallest absolute Gasteiger partial charge is 0.139 e. The molecule has 0 bridgehead atoms. The van der Waals surface area contributed by atoms with Crippen LogP contribution in [0.15, 0.2) is 5.57 Å². The van der Waals surface area contributed by atoms with E-state index < -0.39 is 0 Å². The van der Waals surface area contributed by atoms with Crippen LogP contribution in [-0.2, 0) is 4.79 Å². The molecule has 2 heteroatoms. The predicted octanol–water partition coefficient (Wildman–Crippen LogP) is 2.48. The number of unbranched alkanes of at least 4 members (excludes halogenated alkanes) is 1. The monoisotopic (exact) mass is 165 g/mol. The number of hydrogen-bond donors (Lipinski definition) is 0. The lowest BCUT2D eigenvalue weighted by molar-refractivity contribution is 0.403. The molecule has 12 heavy (non-hydrogen) atoms. The van der Waals surface area contributed by atoms with Crippen molar-refractivity contribution in [1.82, 2.24) is 0 Å². The molecule has 0 aromatic heterocycles. The zero-order chi connectivity index (χ0) is 9.61. The van der Waals surface area contributed by atoms with Crippen molar-refractivity contribution in [1.29, 1.82) is 5.26 Å². The van der Waals surface area contributed by atoms with Crippen LogP contribution in [0.5, 0.6) is 0 Å². The maximum Gasteiger partial charge on any atom is 0.139 e. The number of nitrogens with zero attached hydrogens (tertiary/aromatic N) is 1. The molecule has 0 aliphatic carbocycles. The molecule has 0 rings (SSSR count). The van der Waals surface area contributed by atoms with Crippen LogP contribution in [0.2, 0.25) is 0 Å². The maximum absolute atomic E-state index is 10.4. The Balaban J connectivity index is 4.40. The zero-order valence-electron chi connectivity index (χ0n) is 7.98. The second-order valence-electron chi connectivity index (χ2n) is 3.58. The van der Waals surface area contributed by atoms with E-state index >= 15 is 0 Å². The Morgan fingerprint density at radius 2 is 2.08 bits per heavy atom. The molecule has 0 amide bonds. The van der Waals surface area contributed by atoms with Crippen LogP contribution in [0.25, 0.3) is 0 Å². The van der Waals surface area contributed by atoms with Crippen molar-refractivity contribution in [3.8, 4) is 6.07 Å². The largest absolute Gasteiger partial charge is 0.232 e. The third kappa shape index (κ3) is 2.90. The minimum Gasteiger partial charge on any atom is -0.232 e. The van der Waals surface area contributed by atoms with Gasteiger partial charge in [-0.05, 0) is 6.42 Å². The fourth-order valence-electron chi connectivity index (χ4n) is 1.06. The lowest BCUT2D eigenvalue weighted by Crippen LogP contribution is -2.14. The number of hydrogen-bond acceptors (Lipinski definition) is 2. The molecule has 0 radical (unpaired) electrons. The van der Waals surface area contributed by atoms with E-state index in [-0.39, 0.29) is 11.0 Å². The third-order valence-electron chi connectivity index (χ3n) is 2.05. The summed E-state index contributed by atoms with van der Waals surface area (Å²) in [4.78, 5) is 10.4. The van der Waals surface area contributed by atoms with Crippen LogP contribution < -0.4 is 0 Å². The topological polar surface area (TPSA) is 40.9 Å². The Bertz CT molecular complexity index is 229. The van der Waals surface area contributed by atoms with Crippen LogP contribution in [-0.4, -0.2) is 5.94 Å². The molecular formula is C10H15NO. The summed E-state index contributed by atoms with van der Waals surface area (Å²) in [6.45, 7) is 5.91. The van der Waals surface area contributed by atoms with Gasteiger partial charge in [-0.25, -0.2) is 4.79 Å². The second-order valence-corrected chi connectivity index (χ2v) is 3.58. The summed E-state index contributed by atoms with van der Waals surface area (Å²) in [6.07, 6.45) is 3.00. The van der Waals surface area contributed by atoms with E-state index in [0.717, 1.165) is 19.3 Å². The molecule has 66 valence electrons. The van der Waals surface area contributed by atoms with Gasteiger partial charge in [-0.3, -0.25) is 0 Å².